The van der Waals surface area contributed by atoms with Crippen LogP contribution in [0, 0.1) is 0 Å². The smallest absolute Gasteiger partial charge is 0.323 e. The summed E-state index contributed by atoms with van der Waals surface area (Å²) in [6.45, 7) is -0.469. The summed E-state index contributed by atoms with van der Waals surface area (Å²) in [6, 6.07) is 8.93. The Kier molecular flexibility index (Phi) is 4.32. The number of rotatable bonds is 6. The van der Waals surface area contributed by atoms with Gasteiger partial charge >= 0.3 is 5.97 Å². The van der Waals surface area contributed by atoms with Gasteiger partial charge in [0.1, 0.15) is 18.6 Å². The third kappa shape index (κ3) is 3.46. The Hall–Kier alpha value is -3.49. The average molecular weight is 327 g/mol. The van der Waals surface area contributed by atoms with Crippen molar-refractivity contribution in [1.82, 2.24) is 19.5 Å². The lowest BCUT2D eigenvalue weighted by Gasteiger charge is -2.07. The van der Waals surface area contributed by atoms with Crippen molar-refractivity contribution in [2.24, 2.45) is 0 Å². The number of imidazole rings is 1. The Bertz CT molecular complexity index is 878. The van der Waals surface area contributed by atoms with E-state index in [1.165, 1.54) is 17.2 Å². The van der Waals surface area contributed by atoms with Gasteiger partial charge in [0.2, 0.25) is 0 Å². The van der Waals surface area contributed by atoms with Crippen LogP contribution in [-0.2, 0) is 16.1 Å². The molecule has 0 unspecified atom stereocenters. The number of carboxylic acid groups (broad SMARTS) is 1. The molecule has 0 spiro atoms. The molecule has 9 heteroatoms. The maximum atomic E-state index is 12.0. The monoisotopic (exact) mass is 327 g/mol. The third-order valence-electron chi connectivity index (χ3n) is 3.08. The molecule has 2 N–H and O–H groups in total. The van der Waals surface area contributed by atoms with Gasteiger partial charge in [-0.05, 0) is 12.1 Å². The van der Waals surface area contributed by atoms with Gasteiger partial charge in [0.15, 0.2) is 23.6 Å². The number of carbonyl (C=O) groups excluding carboxylic acids is 1. The van der Waals surface area contributed by atoms with E-state index in [0.29, 0.717) is 16.9 Å². The van der Waals surface area contributed by atoms with Crippen LogP contribution in [0.25, 0.3) is 11.2 Å². The topological polar surface area (TPSA) is 119 Å². The van der Waals surface area contributed by atoms with E-state index in [1.807, 2.05) is 6.07 Å². The van der Waals surface area contributed by atoms with Crippen LogP contribution >= 0.6 is 0 Å². The Morgan fingerprint density at radius 1 is 1.17 bits per heavy atom. The summed E-state index contributed by atoms with van der Waals surface area (Å²) in [4.78, 5) is 34.8. The predicted molar refractivity (Wildman–Crippen MR) is 83.5 cm³/mol. The normalized spacial score (nSPS) is 10.5. The summed E-state index contributed by atoms with van der Waals surface area (Å²) in [5.41, 5.74) is 0.637. The van der Waals surface area contributed by atoms with Gasteiger partial charge in [-0.2, -0.15) is 0 Å². The van der Waals surface area contributed by atoms with Crippen molar-refractivity contribution in [1.29, 1.82) is 0 Å². The molecule has 0 aliphatic heterocycles. The molecule has 0 saturated carbocycles. The van der Waals surface area contributed by atoms with Crippen molar-refractivity contribution >= 4 is 28.9 Å². The van der Waals surface area contributed by atoms with E-state index >= 15 is 0 Å². The zero-order valence-corrected chi connectivity index (χ0v) is 12.4. The summed E-state index contributed by atoms with van der Waals surface area (Å²) < 4.78 is 6.71. The number of hydrogen-bond donors (Lipinski definition) is 2. The minimum Gasteiger partial charge on any atom is -0.484 e. The molecule has 0 saturated heterocycles. The highest BCUT2D eigenvalue weighted by Gasteiger charge is 2.14. The zero-order chi connectivity index (χ0) is 16.9. The van der Waals surface area contributed by atoms with Crippen LogP contribution in [0.2, 0.25) is 0 Å². The molecule has 3 rings (SSSR count). The molecule has 0 atom stereocenters. The third-order valence-corrected chi connectivity index (χ3v) is 3.08. The number of aromatic nitrogens is 4. The molecule has 1 aromatic carbocycles. The summed E-state index contributed by atoms with van der Waals surface area (Å²) >= 11 is 0. The zero-order valence-electron chi connectivity index (χ0n) is 12.4. The van der Waals surface area contributed by atoms with E-state index in [4.69, 9.17) is 9.84 Å². The number of hydrogen-bond acceptors (Lipinski definition) is 6. The van der Waals surface area contributed by atoms with Gasteiger partial charge in [-0.25, -0.2) is 15.0 Å². The molecule has 3 aromatic rings. The molecule has 0 bridgehead atoms. The SMILES string of the molecule is O=C(O)Cn1cnc2c(NC(=O)COc3ccccc3)ncnc21. The number of amides is 1. The number of aliphatic carboxylic acids is 1. The van der Waals surface area contributed by atoms with E-state index in [0.717, 1.165) is 0 Å². The molecule has 0 radical (unpaired) electrons. The van der Waals surface area contributed by atoms with Crippen LogP contribution in [0.1, 0.15) is 0 Å². The van der Waals surface area contributed by atoms with Gasteiger partial charge in [-0.3, -0.25) is 9.59 Å². The van der Waals surface area contributed by atoms with Crippen molar-refractivity contribution in [3.63, 3.8) is 0 Å². The van der Waals surface area contributed by atoms with E-state index in [1.54, 1.807) is 24.3 Å². The largest absolute Gasteiger partial charge is 0.484 e. The number of benzene rings is 1. The first-order valence-corrected chi connectivity index (χ1v) is 6.99. The second-order valence-electron chi connectivity index (χ2n) is 4.81. The second-order valence-corrected chi connectivity index (χ2v) is 4.81. The van der Waals surface area contributed by atoms with Crippen LogP contribution in [0.5, 0.6) is 5.75 Å². The summed E-state index contributed by atoms with van der Waals surface area (Å²) in [7, 11) is 0. The van der Waals surface area contributed by atoms with Crippen molar-refractivity contribution in [2.75, 3.05) is 11.9 Å². The Morgan fingerprint density at radius 2 is 1.96 bits per heavy atom. The molecular weight excluding hydrogens is 314 g/mol. The molecule has 1 amide bonds. The number of nitrogens with zero attached hydrogens (tertiary/aromatic N) is 4. The fourth-order valence-electron chi connectivity index (χ4n) is 2.07. The highest BCUT2D eigenvalue weighted by atomic mass is 16.5. The van der Waals surface area contributed by atoms with Crippen molar-refractivity contribution in [3.8, 4) is 5.75 Å². The Balaban J connectivity index is 1.71. The van der Waals surface area contributed by atoms with Crippen LogP contribution < -0.4 is 10.1 Å². The highest BCUT2D eigenvalue weighted by molar-refractivity contribution is 5.97. The van der Waals surface area contributed by atoms with Gasteiger partial charge in [0.05, 0.1) is 6.33 Å². The maximum Gasteiger partial charge on any atom is 0.323 e. The highest BCUT2D eigenvalue weighted by Crippen LogP contribution is 2.17. The van der Waals surface area contributed by atoms with Gasteiger partial charge in [-0.15, -0.1) is 0 Å². The molecule has 0 aliphatic carbocycles. The lowest BCUT2D eigenvalue weighted by atomic mass is 10.3. The average Bonchev–Trinajstić information content (AvgIpc) is 2.97. The quantitative estimate of drug-likeness (QED) is 0.691. The summed E-state index contributed by atoms with van der Waals surface area (Å²) in [5, 5.41) is 11.4. The molecular formula is C15H13N5O4. The number of carbonyl (C=O) groups is 2. The number of para-hydroxylation sites is 1. The van der Waals surface area contributed by atoms with Crippen LogP contribution in [0.3, 0.4) is 0 Å². The fourth-order valence-corrected chi connectivity index (χ4v) is 2.07. The first kappa shape index (κ1) is 15.4. The molecule has 2 heterocycles. The van der Waals surface area contributed by atoms with Crippen LogP contribution in [0.15, 0.2) is 43.0 Å². The van der Waals surface area contributed by atoms with Gasteiger partial charge in [-0.1, -0.05) is 18.2 Å². The molecule has 24 heavy (non-hydrogen) atoms. The van der Waals surface area contributed by atoms with E-state index < -0.39 is 11.9 Å². The summed E-state index contributed by atoms with van der Waals surface area (Å²) in [6.07, 6.45) is 2.57. The molecule has 0 fully saturated rings. The van der Waals surface area contributed by atoms with E-state index in [-0.39, 0.29) is 19.0 Å². The molecule has 122 valence electrons. The van der Waals surface area contributed by atoms with Gasteiger partial charge < -0.3 is 19.7 Å². The number of nitrogens with one attached hydrogen (secondary N) is 1. The molecule has 0 aliphatic rings. The van der Waals surface area contributed by atoms with Crippen molar-refractivity contribution in [2.45, 2.75) is 6.54 Å². The number of anilines is 1. The molecule has 2 aromatic heterocycles. The Labute approximate surface area is 135 Å². The van der Waals surface area contributed by atoms with Crippen molar-refractivity contribution < 1.29 is 19.4 Å². The van der Waals surface area contributed by atoms with E-state index in [9.17, 15) is 9.59 Å². The minimum atomic E-state index is -1.02. The number of fused-ring (bicyclic) bond motifs is 1. The second kappa shape index (κ2) is 6.73. The summed E-state index contributed by atoms with van der Waals surface area (Å²) in [5.74, 6) is -0.654. The first-order valence-electron chi connectivity index (χ1n) is 6.99. The van der Waals surface area contributed by atoms with Gasteiger partial charge in [0.25, 0.3) is 5.91 Å². The van der Waals surface area contributed by atoms with E-state index in [2.05, 4.69) is 20.3 Å². The van der Waals surface area contributed by atoms with Crippen LogP contribution in [0.4, 0.5) is 5.82 Å². The lowest BCUT2D eigenvalue weighted by Crippen LogP contribution is -2.21. The number of carboxylic acids is 1. The standard InChI is InChI=1S/C15H13N5O4/c21-11(7-24-10-4-2-1-3-5-10)19-14-13-15(17-8-16-14)20(9-18-13)6-12(22)23/h1-5,8-9H,6-7H2,(H,22,23)(H,16,17,19,21). The number of ether oxygens (including phenoxy) is 1. The van der Waals surface area contributed by atoms with Crippen molar-refractivity contribution in [3.05, 3.63) is 43.0 Å². The predicted octanol–water partition coefficient (Wildman–Crippen LogP) is 0.928. The lowest BCUT2D eigenvalue weighted by molar-refractivity contribution is -0.137. The fraction of sp³-hybridized carbons (Fsp3) is 0.133. The van der Waals surface area contributed by atoms with Crippen LogP contribution in [-0.4, -0.2) is 43.1 Å². The molecule has 9 nitrogen and oxygen atoms in total. The first-order chi connectivity index (χ1) is 11.6. The maximum absolute atomic E-state index is 12.0. The Morgan fingerprint density at radius 3 is 2.71 bits per heavy atom. The minimum absolute atomic E-state index is 0.189. The van der Waals surface area contributed by atoms with Gasteiger partial charge in [0, 0.05) is 0 Å².